The Morgan fingerprint density at radius 3 is 2.85 bits per heavy atom. The largest absolute Gasteiger partial charge is 0.444 e. The Morgan fingerprint density at radius 1 is 1.55 bits per heavy atom. The minimum Gasteiger partial charge on any atom is -0.444 e. The Hall–Kier alpha value is -1.25. The van der Waals surface area contributed by atoms with Crippen molar-refractivity contribution in [2.24, 2.45) is 0 Å². The third-order valence-electron chi connectivity index (χ3n) is 2.96. The molecule has 1 aliphatic heterocycles. The molecule has 5 heteroatoms. The van der Waals surface area contributed by atoms with Crippen LogP contribution in [0.2, 0.25) is 0 Å². The van der Waals surface area contributed by atoms with Gasteiger partial charge in [-0.3, -0.25) is 4.90 Å². The molecule has 1 rings (SSSR count). The SMILES string of the molecule is CC#CCN1CCO[C@H]([C@@H](C)NC(=O)OC(C)(C)C)C1. The van der Waals surface area contributed by atoms with E-state index >= 15 is 0 Å². The molecule has 0 radical (unpaired) electrons. The molecule has 1 fully saturated rings. The lowest BCUT2D eigenvalue weighted by Crippen LogP contribution is -2.52. The molecule has 5 nitrogen and oxygen atoms in total. The summed E-state index contributed by atoms with van der Waals surface area (Å²) in [6.45, 7) is 12.4. The summed E-state index contributed by atoms with van der Waals surface area (Å²) in [5.41, 5.74) is -0.486. The predicted octanol–water partition coefficient (Wildman–Crippen LogP) is 1.62. The first-order valence-corrected chi connectivity index (χ1v) is 7.05. The highest BCUT2D eigenvalue weighted by molar-refractivity contribution is 5.68. The van der Waals surface area contributed by atoms with E-state index in [0.717, 1.165) is 19.6 Å². The molecule has 1 aliphatic rings. The Kier molecular flexibility index (Phi) is 6.31. The minimum absolute atomic E-state index is 0.0325. The van der Waals surface area contributed by atoms with Crippen molar-refractivity contribution in [1.29, 1.82) is 0 Å². The summed E-state index contributed by atoms with van der Waals surface area (Å²) in [5.74, 6) is 5.95. The molecule has 1 amide bonds. The number of alkyl carbamates (subject to hydrolysis) is 1. The summed E-state index contributed by atoms with van der Waals surface area (Å²) in [4.78, 5) is 14.0. The first kappa shape index (κ1) is 16.8. The molecule has 1 N–H and O–H groups in total. The third-order valence-corrected chi connectivity index (χ3v) is 2.96. The van der Waals surface area contributed by atoms with Crippen LogP contribution in [0.3, 0.4) is 0 Å². The van der Waals surface area contributed by atoms with Crippen LogP contribution in [-0.4, -0.2) is 55.0 Å². The third kappa shape index (κ3) is 6.27. The summed E-state index contributed by atoms with van der Waals surface area (Å²) >= 11 is 0. The van der Waals surface area contributed by atoms with Crippen LogP contribution in [0.5, 0.6) is 0 Å². The van der Waals surface area contributed by atoms with E-state index in [1.165, 1.54) is 0 Å². The van der Waals surface area contributed by atoms with Gasteiger partial charge in [0.05, 0.1) is 25.3 Å². The number of hydrogen-bond acceptors (Lipinski definition) is 4. The smallest absolute Gasteiger partial charge is 0.407 e. The van der Waals surface area contributed by atoms with Crippen molar-refractivity contribution in [1.82, 2.24) is 10.2 Å². The van der Waals surface area contributed by atoms with Crippen molar-refractivity contribution in [2.45, 2.75) is 52.4 Å². The van der Waals surface area contributed by atoms with Gasteiger partial charge in [-0.15, -0.1) is 5.92 Å². The van der Waals surface area contributed by atoms with Crippen LogP contribution in [0, 0.1) is 11.8 Å². The molecule has 0 bridgehead atoms. The zero-order chi connectivity index (χ0) is 15.2. The maximum absolute atomic E-state index is 11.7. The number of nitrogens with zero attached hydrogens (tertiary/aromatic N) is 1. The molecule has 1 heterocycles. The standard InChI is InChI=1S/C15H26N2O3/c1-6-7-8-17-9-10-19-13(11-17)12(2)16-14(18)20-15(3,4)5/h12-13H,8-11H2,1-5H3,(H,16,18)/t12-,13+/m1/s1. The van der Waals surface area contributed by atoms with Crippen LogP contribution < -0.4 is 5.32 Å². The molecule has 0 unspecified atom stereocenters. The van der Waals surface area contributed by atoms with Crippen LogP contribution in [0.4, 0.5) is 4.79 Å². The number of hydrogen-bond donors (Lipinski definition) is 1. The first-order valence-electron chi connectivity index (χ1n) is 7.05. The summed E-state index contributed by atoms with van der Waals surface area (Å²) < 4.78 is 11.0. The Balaban J connectivity index is 2.43. The monoisotopic (exact) mass is 282 g/mol. The van der Waals surface area contributed by atoms with Crippen molar-refractivity contribution in [2.75, 3.05) is 26.2 Å². The molecule has 114 valence electrons. The lowest BCUT2D eigenvalue weighted by molar-refractivity contribution is -0.0410. The van der Waals surface area contributed by atoms with Crippen molar-refractivity contribution in [3.05, 3.63) is 0 Å². The summed E-state index contributed by atoms with van der Waals surface area (Å²) in [7, 11) is 0. The van der Waals surface area contributed by atoms with Crippen molar-refractivity contribution in [3.63, 3.8) is 0 Å². The quantitative estimate of drug-likeness (QED) is 0.799. The average molecular weight is 282 g/mol. The molecule has 1 saturated heterocycles. The van der Waals surface area contributed by atoms with Gasteiger partial charge in [-0.05, 0) is 34.6 Å². The number of nitrogens with one attached hydrogen (secondary N) is 1. The lowest BCUT2D eigenvalue weighted by Gasteiger charge is -2.35. The fraction of sp³-hybridized carbons (Fsp3) is 0.800. The molecule has 2 atom stereocenters. The molecule has 0 aromatic rings. The maximum Gasteiger partial charge on any atom is 0.407 e. The van der Waals surface area contributed by atoms with Gasteiger partial charge in [0.25, 0.3) is 0 Å². The van der Waals surface area contributed by atoms with Gasteiger partial charge in [-0.2, -0.15) is 0 Å². The van der Waals surface area contributed by atoms with E-state index in [4.69, 9.17) is 9.47 Å². The Morgan fingerprint density at radius 2 is 2.25 bits per heavy atom. The molecular weight excluding hydrogens is 256 g/mol. The molecular formula is C15H26N2O3. The minimum atomic E-state index is -0.486. The van der Waals surface area contributed by atoms with Crippen LogP contribution in [0.15, 0.2) is 0 Å². The number of carbonyl (C=O) groups excluding carboxylic acids is 1. The second-order valence-corrected chi connectivity index (χ2v) is 6.01. The van der Waals surface area contributed by atoms with E-state index in [1.54, 1.807) is 0 Å². The van der Waals surface area contributed by atoms with Gasteiger partial charge in [0.15, 0.2) is 0 Å². The van der Waals surface area contributed by atoms with Crippen LogP contribution in [-0.2, 0) is 9.47 Å². The number of carbonyl (C=O) groups is 1. The lowest BCUT2D eigenvalue weighted by atomic mass is 10.1. The topological polar surface area (TPSA) is 50.8 Å². The fourth-order valence-corrected chi connectivity index (χ4v) is 1.95. The van der Waals surface area contributed by atoms with E-state index in [1.807, 2.05) is 34.6 Å². The van der Waals surface area contributed by atoms with E-state index in [9.17, 15) is 4.79 Å². The van der Waals surface area contributed by atoms with Gasteiger partial charge in [0.1, 0.15) is 5.60 Å². The van der Waals surface area contributed by atoms with Crippen molar-refractivity contribution < 1.29 is 14.3 Å². The van der Waals surface area contributed by atoms with Gasteiger partial charge in [-0.25, -0.2) is 4.79 Å². The number of morpholine rings is 1. The van der Waals surface area contributed by atoms with Crippen LogP contribution in [0.1, 0.15) is 34.6 Å². The van der Waals surface area contributed by atoms with Gasteiger partial charge < -0.3 is 14.8 Å². The molecule has 0 aromatic carbocycles. The molecule has 0 aromatic heterocycles. The Labute approximate surface area is 122 Å². The first-order chi connectivity index (χ1) is 9.31. The summed E-state index contributed by atoms with van der Waals surface area (Å²) in [5, 5.41) is 2.83. The summed E-state index contributed by atoms with van der Waals surface area (Å²) in [6, 6.07) is -0.0952. The summed E-state index contributed by atoms with van der Waals surface area (Å²) in [6.07, 6.45) is -0.436. The van der Waals surface area contributed by atoms with E-state index in [2.05, 4.69) is 22.1 Å². The zero-order valence-corrected chi connectivity index (χ0v) is 13.2. The Bertz CT molecular complexity index is 379. The van der Waals surface area contributed by atoms with E-state index < -0.39 is 11.7 Å². The van der Waals surface area contributed by atoms with Crippen molar-refractivity contribution in [3.8, 4) is 11.8 Å². The molecule has 0 spiro atoms. The highest BCUT2D eigenvalue weighted by Gasteiger charge is 2.27. The van der Waals surface area contributed by atoms with Gasteiger partial charge >= 0.3 is 6.09 Å². The second-order valence-electron chi connectivity index (χ2n) is 6.01. The molecule has 0 saturated carbocycles. The van der Waals surface area contributed by atoms with Crippen molar-refractivity contribution >= 4 is 6.09 Å². The molecule has 20 heavy (non-hydrogen) atoms. The number of ether oxygens (including phenoxy) is 2. The highest BCUT2D eigenvalue weighted by atomic mass is 16.6. The second kappa shape index (κ2) is 7.51. The van der Waals surface area contributed by atoms with Gasteiger partial charge in [0.2, 0.25) is 0 Å². The average Bonchev–Trinajstić information content (AvgIpc) is 2.34. The van der Waals surface area contributed by atoms with Crippen LogP contribution >= 0.6 is 0 Å². The van der Waals surface area contributed by atoms with Crippen LogP contribution in [0.25, 0.3) is 0 Å². The molecule has 0 aliphatic carbocycles. The van der Waals surface area contributed by atoms with E-state index in [0.29, 0.717) is 6.61 Å². The maximum atomic E-state index is 11.7. The van der Waals surface area contributed by atoms with Gasteiger partial charge in [0, 0.05) is 13.1 Å². The van der Waals surface area contributed by atoms with E-state index in [-0.39, 0.29) is 12.1 Å². The number of rotatable bonds is 3. The normalized spacial score (nSPS) is 21.6. The fourth-order valence-electron chi connectivity index (χ4n) is 1.95. The number of amides is 1. The van der Waals surface area contributed by atoms with Gasteiger partial charge in [-0.1, -0.05) is 5.92 Å². The zero-order valence-electron chi connectivity index (χ0n) is 13.2. The highest BCUT2D eigenvalue weighted by Crippen LogP contribution is 2.11. The predicted molar refractivity (Wildman–Crippen MR) is 78.5 cm³/mol.